The number of hydrogen-bond acceptors (Lipinski definition) is 3. The molecule has 1 aromatic carbocycles. The van der Waals surface area contributed by atoms with Gasteiger partial charge in [-0.05, 0) is 44.4 Å². The second kappa shape index (κ2) is 7.04. The van der Waals surface area contributed by atoms with Crippen LogP contribution in [0.4, 0.5) is 0 Å². The van der Waals surface area contributed by atoms with E-state index in [9.17, 15) is 13.2 Å². The van der Waals surface area contributed by atoms with E-state index in [1.54, 1.807) is 19.1 Å². The van der Waals surface area contributed by atoms with Gasteiger partial charge in [-0.3, -0.25) is 4.79 Å². The number of aryl methyl sites for hydroxylation is 2. The third-order valence-electron chi connectivity index (χ3n) is 3.42. The average Bonchev–Trinajstić information content (AvgIpc) is 2.40. The summed E-state index contributed by atoms with van der Waals surface area (Å²) in [6.45, 7) is 7.26. The van der Waals surface area contributed by atoms with Gasteiger partial charge >= 0.3 is 0 Å². The highest BCUT2D eigenvalue weighted by molar-refractivity contribution is 7.89. The van der Waals surface area contributed by atoms with Crippen LogP contribution in [0.25, 0.3) is 0 Å². The Morgan fingerprint density at radius 2 is 1.95 bits per heavy atom. The molecule has 0 fully saturated rings. The standard InChI is InChI=1S/C15H24N2O3S/c1-6-13(4)16-15(18)10-17(5)21(19,20)14-9-11(2)7-8-12(14)3/h7-9,13H,6,10H2,1-5H3,(H,16,18). The first-order chi connectivity index (χ1) is 9.68. The molecule has 1 N–H and O–H groups in total. The van der Waals surface area contributed by atoms with Crippen LogP contribution in [0.15, 0.2) is 23.1 Å². The Bertz CT molecular complexity index is 611. The van der Waals surface area contributed by atoms with Gasteiger partial charge in [0.15, 0.2) is 0 Å². The molecule has 0 saturated heterocycles. The molecule has 1 unspecified atom stereocenters. The van der Waals surface area contributed by atoms with E-state index in [2.05, 4.69) is 5.32 Å². The van der Waals surface area contributed by atoms with Crippen molar-refractivity contribution in [3.63, 3.8) is 0 Å². The van der Waals surface area contributed by atoms with Gasteiger partial charge in [-0.2, -0.15) is 4.31 Å². The van der Waals surface area contributed by atoms with Crippen molar-refractivity contribution in [1.29, 1.82) is 0 Å². The predicted molar refractivity (Wildman–Crippen MR) is 83.6 cm³/mol. The van der Waals surface area contributed by atoms with E-state index in [1.165, 1.54) is 7.05 Å². The van der Waals surface area contributed by atoms with Gasteiger partial charge in [-0.15, -0.1) is 0 Å². The summed E-state index contributed by atoms with van der Waals surface area (Å²) in [5.74, 6) is -0.291. The number of hydrogen-bond donors (Lipinski definition) is 1. The maximum absolute atomic E-state index is 12.5. The van der Waals surface area contributed by atoms with E-state index >= 15 is 0 Å². The first-order valence-electron chi connectivity index (χ1n) is 7.01. The van der Waals surface area contributed by atoms with E-state index < -0.39 is 10.0 Å². The van der Waals surface area contributed by atoms with Gasteiger partial charge < -0.3 is 5.32 Å². The minimum Gasteiger partial charge on any atom is -0.353 e. The number of benzene rings is 1. The van der Waals surface area contributed by atoms with Gasteiger partial charge in [0.2, 0.25) is 15.9 Å². The molecule has 0 aliphatic carbocycles. The van der Waals surface area contributed by atoms with E-state index in [0.717, 1.165) is 16.3 Å². The Kier molecular flexibility index (Phi) is 5.92. The molecule has 5 nitrogen and oxygen atoms in total. The molecule has 0 radical (unpaired) electrons. The number of carbonyl (C=O) groups excluding carboxylic acids is 1. The zero-order chi connectivity index (χ0) is 16.2. The van der Waals surface area contributed by atoms with Gasteiger partial charge in [0.25, 0.3) is 0 Å². The van der Waals surface area contributed by atoms with Crippen molar-refractivity contribution in [2.24, 2.45) is 0 Å². The molecular weight excluding hydrogens is 288 g/mol. The highest BCUT2D eigenvalue weighted by Crippen LogP contribution is 2.20. The fourth-order valence-electron chi connectivity index (χ4n) is 1.86. The zero-order valence-electron chi connectivity index (χ0n) is 13.3. The molecule has 0 aliphatic rings. The molecule has 0 bridgehead atoms. The van der Waals surface area contributed by atoms with E-state index in [-0.39, 0.29) is 23.4 Å². The van der Waals surface area contributed by atoms with E-state index in [1.807, 2.05) is 26.8 Å². The Labute approximate surface area is 127 Å². The topological polar surface area (TPSA) is 66.5 Å². The normalized spacial score (nSPS) is 13.2. The second-order valence-electron chi connectivity index (χ2n) is 5.41. The highest BCUT2D eigenvalue weighted by atomic mass is 32.2. The Balaban J connectivity index is 2.92. The molecule has 0 aliphatic heterocycles. The lowest BCUT2D eigenvalue weighted by atomic mass is 10.2. The van der Waals surface area contributed by atoms with Gasteiger partial charge in [-0.1, -0.05) is 19.1 Å². The van der Waals surface area contributed by atoms with Crippen LogP contribution in [-0.2, 0) is 14.8 Å². The summed E-state index contributed by atoms with van der Waals surface area (Å²) in [6.07, 6.45) is 0.805. The number of amides is 1. The van der Waals surface area contributed by atoms with Gasteiger partial charge in [0.1, 0.15) is 0 Å². The smallest absolute Gasteiger partial charge is 0.243 e. The Morgan fingerprint density at radius 3 is 2.52 bits per heavy atom. The lowest BCUT2D eigenvalue weighted by Crippen LogP contribution is -2.41. The molecule has 6 heteroatoms. The highest BCUT2D eigenvalue weighted by Gasteiger charge is 2.25. The molecule has 21 heavy (non-hydrogen) atoms. The lowest BCUT2D eigenvalue weighted by Gasteiger charge is -2.20. The van der Waals surface area contributed by atoms with E-state index in [0.29, 0.717) is 5.56 Å². The molecule has 0 spiro atoms. The summed E-state index contributed by atoms with van der Waals surface area (Å²) in [4.78, 5) is 12.1. The number of sulfonamides is 1. The molecule has 1 rings (SSSR count). The van der Waals surface area contributed by atoms with Crippen LogP contribution < -0.4 is 5.32 Å². The van der Waals surface area contributed by atoms with Crippen LogP contribution in [-0.4, -0.2) is 38.3 Å². The first-order valence-corrected chi connectivity index (χ1v) is 8.45. The van der Waals surface area contributed by atoms with Crippen molar-refractivity contribution in [1.82, 2.24) is 9.62 Å². The van der Waals surface area contributed by atoms with Crippen LogP contribution in [0.5, 0.6) is 0 Å². The monoisotopic (exact) mass is 312 g/mol. The average molecular weight is 312 g/mol. The predicted octanol–water partition coefficient (Wildman–Crippen LogP) is 1.84. The van der Waals surface area contributed by atoms with Crippen LogP contribution in [0.1, 0.15) is 31.4 Å². The molecule has 0 heterocycles. The van der Waals surface area contributed by atoms with Crippen LogP contribution in [0, 0.1) is 13.8 Å². The number of likely N-dealkylation sites (N-methyl/N-ethyl adjacent to an activating group) is 1. The second-order valence-corrected chi connectivity index (χ2v) is 7.42. The number of nitrogens with zero attached hydrogens (tertiary/aromatic N) is 1. The van der Waals surface area contributed by atoms with Crippen molar-refractivity contribution in [2.45, 2.75) is 45.1 Å². The summed E-state index contributed by atoms with van der Waals surface area (Å²) >= 11 is 0. The molecule has 1 amide bonds. The summed E-state index contributed by atoms with van der Waals surface area (Å²) < 4.78 is 26.2. The first kappa shape index (κ1) is 17.7. The maximum Gasteiger partial charge on any atom is 0.243 e. The lowest BCUT2D eigenvalue weighted by molar-refractivity contribution is -0.121. The minimum atomic E-state index is -3.66. The zero-order valence-corrected chi connectivity index (χ0v) is 14.1. The fraction of sp³-hybridized carbons (Fsp3) is 0.533. The largest absolute Gasteiger partial charge is 0.353 e. The molecule has 0 aromatic heterocycles. The summed E-state index contributed by atoms with van der Waals surface area (Å²) in [5.41, 5.74) is 1.55. The van der Waals surface area contributed by atoms with Crippen molar-refractivity contribution in [3.05, 3.63) is 29.3 Å². The van der Waals surface area contributed by atoms with Crippen molar-refractivity contribution >= 4 is 15.9 Å². The summed E-state index contributed by atoms with van der Waals surface area (Å²) in [6, 6.07) is 5.31. The number of rotatable bonds is 6. The van der Waals surface area contributed by atoms with Gasteiger partial charge in [-0.25, -0.2) is 8.42 Å². The van der Waals surface area contributed by atoms with Crippen LogP contribution in [0.3, 0.4) is 0 Å². The third-order valence-corrected chi connectivity index (χ3v) is 5.36. The van der Waals surface area contributed by atoms with Crippen molar-refractivity contribution in [3.8, 4) is 0 Å². The number of nitrogens with one attached hydrogen (secondary N) is 1. The summed E-state index contributed by atoms with van der Waals surface area (Å²) in [5, 5.41) is 2.76. The van der Waals surface area contributed by atoms with Crippen molar-refractivity contribution < 1.29 is 13.2 Å². The SMILES string of the molecule is CCC(C)NC(=O)CN(C)S(=O)(=O)c1cc(C)ccc1C. The van der Waals surface area contributed by atoms with E-state index in [4.69, 9.17) is 0 Å². The third kappa shape index (κ3) is 4.54. The molecule has 1 atom stereocenters. The van der Waals surface area contributed by atoms with Gasteiger partial charge in [0, 0.05) is 13.1 Å². The molecule has 118 valence electrons. The Morgan fingerprint density at radius 1 is 1.33 bits per heavy atom. The summed E-state index contributed by atoms with van der Waals surface area (Å²) in [7, 11) is -2.23. The van der Waals surface area contributed by atoms with Gasteiger partial charge in [0.05, 0.1) is 11.4 Å². The number of carbonyl (C=O) groups is 1. The fourth-order valence-corrected chi connectivity index (χ4v) is 3.30. The van der Waals surface area contributed by atoms with Crippen molar-refractivity contribution in [2.75, 3.05) is 13.6 Å². The molecular formula is C15H24N2O3S. The molecule has 1 aromatic rings. The maximum atomic E-state index is 12.5. The Hall–Kier alpha value is -1.40. The van der Waals surface area contributed by atoms with Crippen LogP contribution in [0.2, 0.25) is 0 Å². The minimum absolute atomic E-state index is 0.0364. The molecule has 0 saturated carbocycles. The van der Waals surface area contributed by atoms with Crippen LogP contribution >= 0.6 is 0 Å². The quantitative estimate of drug-likeness (QED) is 0.871.